The van der Waals surface area contributed by atoms with Crippen molar-refractivity contribution < 1.29 is 39.5 Å². The molecule has 2 aromatic rings. The van der Waals surface area contributed by atoms with E-state index >= 15 is 0 Å². The molecule has 0 saturated carbocycles. The van der Waals surface area contributed by atoms with Crippen LogP contribution in [0.1, 0.15) is 36.8 Å². The van der Waals surface area contributed by atoms with Gasteiger partial charge in [-0.25, -0.2) is 9.59 Å². The average molecular weight is 449 g/mol. The minimum absolute atomic E-state index is 0.279. The number of rotatable bonds is 12. The summed E-state index contributed by atoms with van der Waals surface area (Å²) in [5.41, 5.74) is 2.22. The van der Waals surface area contributed by atoms with Crippen molar-refractivity contribution in [2.75, 3.05) is 14.2 Å². The van der Waals surface area contributed by atoms with E-state index in [0.29, 0.717) is 12.8 Å². The maximum Gasteiger partial charge on any atom is 0.332 e. The predicted molar refractivity (Wildman–Crippen MR) is 119 cm³/mol. The van der Waals surface area contributed by atoms with Gasteiger partial charge in [0.2, 0.25) is 0 Å². The minimum Gasteiger partial charge on any atom is -0.497 e. The third-order valence-corrected chi connectivity index (χ3v) is 4.77. The van der Waals surface area contributed by atoms with Crippen molar-refractivity contribution in [3.63, 3.8) is 0 Å². The Morgan fingerprint density at radius 1 is 0.688 bits per heavy atom. The molecule has 0 amide bonds. The molecule has 0 fully saturated rings. The molecule has 0 bridgehead atoms. The first-order valence-electron chi connectivity index (χ1n) is 10.3. The lowest BCUT2D eigenvalue weighted by atomic mass is 10.1. The first kappa shape index (κ1) is 26.9. The van der Waals surface area contributed by atoms with E-state index in [0.717, 1.165) is 35.5 Å². The number of aliphatic carboxylic acids is 2. The molecule has 8 nitrogen and oxygen atoms in total. The van der Waals surface area contributed by atoms with Crippen LogP contribution in [0.5, 0.6) is 11.5 Å². The zero-order chi connectivity index (χ0) is 23.9. The van der Waals surface area contributed by atoms with Gasteiger partial charge in [-0.05, 0) is 73.9 Å². The van der Waals surface area contributed by atoms with Crippen molar-refractivity contribution in [2.24, 2.45) is 0 Å². The maximum absolute atomic E-state index is 10.4. The highest BCUT2D eigenvalue weighted by molar-refractivity contribution is 5.72. The number of carboxylic acids is 2. The Labute approximate surface area is 188 Å². The smallest absolute Gasteiger partial charge is 0.332 e. The fourth-order valence-electron chi connectivity index (χ4n) is 2.83. The number of aryl methyl sites for hydroxylation is 2. The normalized spacial score (nSPS) is 12.1. The van der Waals surface area contributed by atoms with Gasteiger partial charge in [0, 0.05) is 0 Å². The summed E-state index contributed by atoms with van der Waals surface area (Å²) in [6, 6.07) is 15.2. The number of benzene rings is 2. The van der Waals surface area contributed by atoms with Crippen molar-refractivity contribution in [3.8, 4) is 11.5 Å². The Morgan fingerprint density at radius 3 is 1.25 bits per heavy atom. The second kappa shape index (κ2) is 14.8. The molecule has 2 atom stereocenters. The number of methoxy groups -OCH3 is 2. The molecule has 2 rings (SSSR count). The maximum atomic E-state index is 10.4. The molecular formula is C24H32O8. The van der Waals surface area contributed by atoms with Crippen molar-refractivity contribution in [1.82, 2.24) is 0 Å². The summed E-state index contributed by atoms with van der Waals surface area (Å²) in [5.74, 6) is -0.715. The second-order valence-electron chi connectivity index (χ2n) is 7.19. The monoisotopic (exact) mass is 448 g/mol. The molecule has 0 heterocycles. The molecule has 176 valence electrons. The highest BCUT2D eigenvalue weighted by atomic mass is 16.5. The minimum atomic E-state index is -1.25. The second-order valence-corrected chi connectivity index (χ2v) is 7.19. The zero-order valence-corrected chi connectivity index (χ0v) is 18.4. The summed E-state index contributed by atoms with van der Waals surface area (Å²) in [6.45, 7) is 0. The highest BCUT2D eigenvalue weighted by Crippen LogP contribution is 2.14. The summed E-state index contributed by atoms with van der Waals surface area (Å²) in [4.78, 5) is 20.7. The number of aliphatic hydroxyl groups is 2. The molecule has 0 aliphatic rings. The van der Waals surface area contributed by atoms with E-state index in [2.05, 4.69) is 0 Å². The highest BCUT2D eigenvalue weighted by Gasteiger charge is 2.12. The summed E-state index contributed by atoms with van der Waals surface area (Å²) in [6.07, 6.45) is 0.877. The van der Waals surface area contributed by atoms with Crippen molar-refractivity contribution >= 4 is 11.9 Å². The number of aliphatic hydroxyl groups excluding tert-OH is 2. The Kier molecular flexibility index (Phi) is 12.5. The van der Waals surface area contributed by atoms with Crippen LogP contribution in [0.3, 0.4) is 0 Å². The molecule has 2 aromatic carbocycles. The van der Waals surface area contributed by atoms with E-state index in [9.17, 15) is 9.59 Å². The first-order chi connectivity index (χ1) is 15.3. The molecular weight excluding hydrogens is 416 g/mol. The van der Waals surface area contributed by atoms with Crippen LogP contribution >= 0.6 is 0 Å². The lowest BCUT2D eigenvalue weighted by molar-refractivity contribution is -0.147. The molecule has 0 radical (unpaired) electrons. The van der Waals surface area contributed by atoms with E-state index in [1.807, 2.05) is 48.5 Å². The molecule has 8 heteroatoms. The molecule has 0 saturated heterocycles. The van der Waals surface area contributed by atoms with Crippen molar-refractivity contribution in [3.05, 3.63) is 59.7 Å². The average Bonchev–Trinajstić information content (AvgIpc) is 2.80. The van der Waals surface area contributed by atoms with Gasteiger partial charge in [0.25, 0.3) is 0 Å². The lowest BCUT2D eigenvalue weighted by Gasteiger charge is -2.05. The fraction of sp³-hybridized carbons (Fsp3) is 0.417. The van der Waals surface area contributed by atoms with Gasteiger partial charge in [-0.1, -0.05) is 24.3 Å². The molecule has 0 aliphatic carbocycles. The van der Waals surface area contributed by atoms with Crippen LogP contribution in [0.15, 0.2) is 48.5 Å². The molecule has 0 aromatic heterocycles. The fourth-order valence-corrected chi connectivity index (χ4v) is 2.83. The summed E-state index contributed by atoms with van der Waals surface area (Å²) >= 11 is 0. The molecule has 4 N–H and O–H groups in total. The van der Waals surface area contributed by atoms with Crippen LogP contribution in [0.4, 0.5) is 0 Å². The van der Waals surface area contributed by atoms with Crippen LogP contribution in [-0.2, 0) is 22.4 Å². The molecule has 0 aliphatic heterocycles. The lowest BCUT2D eigenvalue weighted by Crippen LogP contribution is -2.19. The van der Waals surface area contributed by atoms with Crippen molar-refractivity contribution in [1.29, 1.82) is 0 Å². The van der Waals surface area contributed by atoms with Gasteiger partial charge in [-0.15, -0.1) is 0 Å². The van der Waals surface area contributed by atoms with Gasteiger partial charge in [-0.3, -0.25) is 0 Å². The molecule has 1 unspecified atom stereocenters. The Bertz CT molecular complexity index is 732. The Balaban J connectivity index is 0.000000320. The van der Waals surface area contributed by atoms with E-state index < -0.39 is 24.1 Å². The number of ether oxygens (including phenoxy) is 2. The van der Waals surface area contributed by atoms with Crippen LogP contribution in [-0.4, -0.2) is 58.8 Å². The van der Waals surface area contributed by atoms with Gasteiger partial charge < -0.3 is 29.9 Å². The zero-order valence-electron chi connectivity index (χ0n) is 18.4. The SMILES string of the molecule is COc1ccc(CCCC(O)C(=O)O)cc1.COc1ccc(CCC[C@@H](O)C(=O)O)cc1. The van der Waals surface area contributed by atoms with Gasteiger partial charge in [0.05, 0.1) is 14.2 Å². The number of carboxylic acid groups (broad SMARTS) is 2. The van der Waals surface area contributed by atoms with Crippen LogP contribution in [0.2, 0.25) is 0 Å². The van der Waals surface area contributed by atoms with Crippen LogP contribution in [0, 0.1) is 0 Å². The van der Waals surface area contributed by atoms with E-state index in [1.165, 1.54) is 0 Å². The molecule has 0 spiro atoms. The number of carbonyl (C=O) groups is 2. The molecule has 32 heavy (non-hydrogen) atoms. The van der Waals surface area contributed by atoms with Crippen molar-refractivity contribution in [2.45, 2.75) is 50.7 Å². The first-order valence-corrected chi connectivity index (χ1v) is 10.3. The van der Waals surface area contributed by atoms with E-state index in [-0.39, 0.29) is 12.8 Å². The van der Waals surface area contributed by atoms with Crippen LogP contribution < -0.4 is 9.47 Å². The predicted octanol–water partition coefficient (Wildman–Crippen LogP) is 2.93. The third kappa shape index (κ3) is 10.8. The summed E-state index contributed by atoms with van der Waals surface area (Å²) < 4.78 is 10.1. The van der Waals surface area contributed by atoms with Gasteiger partial charge in [0.15, 0.2) is 12.2 Å². The van der Waals surface area contributed by atoms with Gasteiger partial charge >= 0.3 is 11.9 Å². The Morgan fingerprint density at radius 2 is 1.00 bits per heavy atom. The van der Waals surface area contributed by atoms with Gasteiger partial charge in [0.1, 0.15) is 11.5 Å². The third-order valence-electron chi connectivity index (χ3n) is 4.77. The van der Waals surface area contributed by atoms with Gasteiger partial charge in [-0.2, -0.15) is 0 Å². The number of hydrogen-bond acceptors (Lipinski definition) is 6. The van der Waals surface area contributed by atoms with E-state index in [1.54, 1.807) is 14.2 Å². The Hall–Kier alpha value is -3.10. The standard InChI is InChI=1S/2C12H16O4/c2*1-16-10-7-5-9(6-8-10)3-2-4-11(13)12(14)15/h2*5-8,11,13H,2-4H2,1H3,(H,14,15)/t11-;/m1./s1. The summed E-state index contributed by atoms with van der Waals surface area (Å²) in [7, 11) is 3.22. The summed E-state index contributed by atoms with van der Waals surface area (Å²) in [5, 5.41) is 35.1. The topological polar surface area (TPSA) is 134 Å². The quantitative estimate of drug-likeness (QED) is 0.389. The largest absolute Gasteiger partial charge is 0.497 e. The van der Waals surface area contributed by atoms with Crippen LogP contribution in [0.25, 0.3) is 0 Å². The van der Waals surface area contributed by atoms with E-state index in [4.69, 9.17) is 29.9 Å². The number of hydrogen-bond donors (Lipinski definition) is 4.